The fraction of sp³-hybridized carbons (Fsp3) is 0. The summed E-state index contributed by atoms with van der Waals surface area (Å²) >= 11 is 0. The average Bonchev–Trinajstić information content (AvgIpc) is 1.34. The van der Waals surface area contributed by atoms with Crippen LogP contribution < -0.4 is 63.7 Å². The van der Waals surface area contributed by atoms with Crippen molar-refractivity contribution in [2.75, 3.05) is 0 Å². The van der Waals surface area contributed by atoms with Crippen LogP contribution in [0.25, 0.3) is 0 Å². The predicted octanol–water partition coefficient (Wildman–Crippen LogP) is 12.0. The first-order valence-electron chi connectivity index (χ1n) is 27.0. The zero-order valence-corrected chi connectivity index (χ0v) is 63.1. The monoisotopic (exact) mass is 1900 g/mol. The first-order chi connectivity index (χ1) is 41.3. The quantitative estimate of drug-likeness (QED) is 0.0664. The molecule has 0 N–H and O–H groups in total. The molecule has 12 rings (SSSR count). The van der Waals surface area contributed by atoms with E-state index in [1.165, 1.54) is 63.7 Å². The van der Waals surface area contributed by atoms with Crippen molar-refractivity contribution in [2.24, 2.45) is 0 Å². The molecule has 0 saturated carbocycles. The molecule has 10 nitrogen and oxygen atoms in total. The molecule has 0 fully saturated rings. The van der Waals surface area contributed by atoms with Crippen LogP contribution in [0.1, 0.15) is 0 Å². The van der Waals surface area contributed by atoms with Crippen molar-refractivity contribution < 1.29 is 94.4 Å². The van der Waals surface area contributed by atoms with Gasteiger partial charge in [-0.3, -0.25) is 0 Å². The molecule has 12 aromatic rings. The van der Waals surface area contributed by atoms with E-state index < -0.39 is 41.9 Å². The van der Waals surface area contributed by atoms with Crippen LogP contribution in [0, 0.1) is 61.8 Å². The van der Waals surface area contributed by atoms with Gasteiger partial charge in [-0.05, 0) is 146 Å². The SMILES string of the molecule is O=[N+]([O-])[O-].O=[N+]([O-])[O-].[O-2].[O-2].[Pt].[Pt].[S-2].[S-2].[U+4].c1ccc([PH+](c2ccccc2)c2ccccc2)cc1.c1ccc([PH+](c2ccccc2)c2ccccc2)cc1.c1ccc([PH+](c2ccccc2)c2ccccc2)cc1.c1ccc([PH+](c2ccccc2)c2ccccc2)cc1. The maximum absolute atomic E-state index is 8.25. The number of benzene rings is 12. The van der Waals surface area contributed by atoms with Gasteiger partial charge in [0, 0.05) is 42.1 Å². The van der Waals surface area contributed by atoms with E-state index in [0.29, 0.717) is 0 Å². The van der Waals surface area contributed by atoms with Crippen molar-refractivity contribution in [1.29, 1.82) is 0 Å². The summed E-state index contributed by atoms with van der Waals surface area (Å²) in [7, 11) is -3.51. The van der Waals surface area contributed by atoms with Gasteiger partial charge in [0.05, 0.1) is 41.9 Å². The summed E-state index contributed by atoms with van der Waals surface area (Å²) in [5, 5.41) is 46.7. The van der Waals surface area contributed by atoms with Gasteiger partial charge >= 0.3 is 31.1 Å². The summed E-state index contributed by atoms with van der Waals surface area (Å²) in [5.74, 6) is 0. The van der Waals surface area contributed by atoms with Crippen LogP contribution in [0.2, 0.25) is 0 Å². The largest absolute Gasteiger partial charge is 4.00 e. The Bertz CT molecular complexity index is 2850. The predicted molar refractivity (Wildman–Crippen MR) is 383 cm³/mol. The number of nitrogens with zero attached hydrogens (tertiary/aromatic N) is 2. The van der Waals surface area contributed by atoms with Crippen molar-refractivity contribution >= 4 is 122 Å². The molecule has 468 valence electrons. The molecule has 0 amide bonds. The van der Waals surface area contributed by atoms with Gasteiger partial charge in [-0.15, -0.1) is 0 Å². The minimum absolute atomic E-state index is 0. The third-order valence-electron chi connectivity index (χ3n) is 12.7. The molecule has 0 aliphatic rings. The van der Waals surface area contributed by atoms with Gasteiger partial charge in [-0.1, -0.05) is 218 Å². The maximum atomic E-state index is 8.25. The molecular weight excluding hydrogens is 1840 g/mol. The van der Waals surface area contributed by atoms with E-state index in [4.69, 9.17) is 30.6 Å². The second-order valence-electron chi connectivity index (χ2n) is 18.3. The van der Waals surface area contributed by atoms with Crippen LogP contribution in [-0.2, 0) is 80.1 Å². The molecular formula is C72H64N2O8P4Pt2S2U-2. The molecule has 0 saturated heterocycles. The van der Waals surface area contributed by atoms with E-state index >= 15 is 0 Å². The van der Waals surface area contributed by atoms with E-state index in [9.17, 15) is 0 Å². The third kappa shape index (κ3) is 29.5. The average molecular weight is 1900 g/mol. The van der Waals surface area contributed by atoms with Gasteiger partial charge in [0.2, 0.25) is 0 Å². The fourth-order valence-electron chi connectivity index (χ4n) is 9.26. The Kier molecular flexibility index (Phi) is 46.1. The van der Waals surface area contributed by atoms with Gasteiger partial charge in [0.25, 0.3) is 0 Å². The third-order valence-corrected chi connectivity index (χ3v) is 23.7. The van der Waals surface area contributed by atoms with Crippen LogP contribution in [0.4, 0.5) is 0 Å². The molecule has 0 aromatic heterocycles. The summed E-state index contributed by atoms with van der Waals surface area (Å²) in [6, 6.07) is 130. The second kappa shape index (κ2) is 49.4. The van der Waals surface area contributed by atoms with Crippen LogP contribution in [0.3, 0.4) is 0 Å². The maximum Gasteiger partial charge on any atom is 4.00 e. The van der Waals surface area contributed by atoms with E-state index in [-0.39, 0.29) is 111 Å². The van der Waals surface area contributed by atoms with Crippen LogP contribution in [0.15, 0.2) is 364 Å². The fourth-order valence-corrected chi connectivity index (χ4v) is 19.6. The standard InChI is InChI=1S/4C18H15P.2NO3.2O.2Pt.2S.U/c4*1-4-10-16(11-5-1)19(17-12-6-2-7-13-17)18-14-8-3-9-15-18;2*2-1(3)4;;;;;;;/h4*1-15H;;;;;;;;;/q;;;;2*-1;2*-2;;;2*-2;+4/p+4. The molecule has 0 aliphatic carbocycles. The minimum atomic E-state index is -1.75. The molecule has 0 aliphatic heterocycles. The van der Waals surface area contributed by atoms with Crippen molar-refractivity contribution in [1.82, 2.24) is 0 Å². The van der Waals surface area contributed by atoms with E-state index in [0.717, 1.165) is 0 Å². The van der Waals surface area contributed by atoms with Gasteiger partial charge < -0.3 is 68.6 Å². The van der Waals surface area contributed by atoms with Crippen molar-refractivity contribution in [2.45, 2.75) is 0 Å². The van der Waals surface area contributed by atoms with Crippen LogP contribution >= 0.6 is 31.7 Å². The number of rotatable bonds is 12. The van der Waals surface area contributed by atoms with E-state index in [1.807, 2.05) is 0 Å². The van der Waals surface area contributed by atoms with E-state index in [2.05, 4.69) is 364 Å². The Morgan fingerprint density at radius 2 is 0.242 bits per heavy atom. The smallest absolute Gasteiger partial charge is 2.00 e. The Morgan fingerprint density at radius 1 is 0.187 bits per heavy atom. The van der Waals surface area contributed by atoms with Gasteiger partial charge in [0.15, 0.2) is 0 Å². The Labute approximate surface area is 605 Å². The molecule has 0 heterocycles. The van der Waals surface area contributed by atoms with Gasteiger partial charge in [0.1, 0.15) is 63.7 Å². The van der Waals surface area contributed by atoms with Crippen LogP contribution in [-0.4, -0.2) is 10.2 Å². The first kappa shape index (κ1) is 84.8. The zero-order valence-electron chi connectivity index (χ0n) is 48.8. The van der Waals surface area contributed by atoms with E-state index in [1.54, 1.807) is 0 Å². The molecule has 0 spiro atoms. The molecule has 91 heavy (non-hydrogen) atoms. The summed E-state index contributed by atoms with van der Waals surface area (Å²) in [6.07, 6.45) is 0. The molecule has 0 bridgehead atoms. The summed E-state index contributed by atoms with van der Waals surface area (Å²) in [5.41, 5.74) is 0. The minimum Gasteiger partial charge on any atom is -2.00 e. The van der Waals surface area contributed by atoms with Gasteiger partial charge in [-0.25, -0.2) is 0 Å². The Morgan fingerprint density at radius 3 is 0.297 bits per heavy atom. The molecule has 19 heteroatoms. The molecule has 0 radical (unpaired) electrons. The molecule has 0 atom stereocenters. The van der Waals surface area contributed by atoms with Gasteiger partial charge in [-0.2, -0.15) is 0 Å². The Hall–Kier alpha value is -6.19. The normalized spacial score (nSPS) is 9.36. The number of hydrogen-bond acceptors (Lipinski definition) is 6. The summed E-state index contributed by atoms with van der Waals surface area (Å²) < 4.78 is 0. The van der Waals surface area contributed by atoms with Crippen molar-refractivity contribution in [3.63, 3.8) is 0 Å². The van der Waals surface area contributed by atoms with Crippen LogP contribution in [0.5, 0.6) is 0 Å². The van der Waals surface area contributed by atoms with Crippen molar-refractivity contribution in [3.8, 4) is 0 Å². The topological polar surface area (TPSA) is 189 Å². The molecule has 0 unspecified atom stereocenters. The summed E-state index contributed by atoms with van der Waals surface area (Å²) in [4.78, 5) is 16.5. The summed E-state index contributed by atoms with van der Waals surface area (Å²) in [6.45, 7) is 0. The first-order valence-corrected chi connectivity index (χ1v) is 33.0. The van der Waals surface area contributed by atoms with Crippen molar-refractivity contribution in [3.05, 3.63) is 395 Å². The Balaban J connectivity index is 0.00000111. The number of hydrogen-bond donors (Lipinski definition) is 0. The second-order valence-corrected chi connectivity index (χ2v) is 28.3. The molecule has 12 aromatic carbocycles. The zero-order chi connectivity index (χ0) is 58.8.